The second-order valence-electron chi connectivity index (χ2n) is 5.15. The molecule has 2 unspecified atom stereocenters. The van der Waals surface area contributed by atoms with Crippen LogP contribution in [0.25, 0.3) is 11.0 Å². The molecule has 0 bridgehead atoms. The van der Waals surface area contributed by atoms with Crippen LogP contribution in [0.3, 0.4) is 0 Å². The first-order valence-corrected chi connectivity index (χ1v) is 6.91. The van der Waals surface area contributed by atoms with Crippen molar-refractivity contribution in [1.82, 2.24) is 15.4 Å². The minimum Gasteiger partial charge on any atom is -0.341 e. The van der Waals surface area contributed by atoms with Gasteiger partial charge in [0, 0.05) is 6.21 Å². The average Bonchev–Trinajstić information content (AvgIpc) is 2.97. The van der Waals surface area contributed by atoms with Crippen LogP contribution in [0.4, 0.5) is 5.69 Å². The molecule has 4 N–H and O–H groups in total. The lowest BCUT2D eigenvalue weighted by molar-refractivity contribution is 0.513. The third-order valence-corrected chi connectivity index (χ3v) is 3.91. The lowest BCUT2D eigenvalue weighted by Crippen LogP contribution is -2.35. The Bertz CT molecular complexity index is 787. The van der Waals surface area contributed by atoms with E-state index in [4.69, 9.17) is 5.84 Å². The number of nitrogens with one attached hydrogen (secondary N) is 2. The zero-order valence-corrected chi connectivity index (χ0v) is 11.3. The number of hydrogen-bond acceptors (Lipinski definition) is 4. The quantitative estimate of drug-likeness (QED) is 0.497. The molecular formula is C16H15N5. The molecule has 21 heavy (non-hydrogen) atoms. The molecule has 4 rings (SSSR count). The number of fused-ring (bicyclic) bond motifs is 2. The van der Waals surface area contributed by atoms with E-state index in [9.17, 15) is 0 Å². The van der Waals surface area contributed by atoms with E-state index in [0.29, 0.717) is 0 Å². The highest BCUT2D eigenvalue weighted by molar-refractivity contribution is 5.80. The summed E-state index contributed by atoms with van der Waals surface area (Å²) in [5, 5.41) is 0. The van der Waals surface area contributed by atoms with Crippen molar-refractivity contribution in [2.75, 3.05) is 0 Å². The highest BCUT2D eigenvalue weighted by atomic mass is 15.2. The molecule has 3 aromatic rings. The van der Waals surface area contributed by atoms with Gasteiger partial charge in [-0.25, -0.2) is 4.98 Å². The Hall–Kier alpha value is -2.50. The summed E-state index contributed by atoms with van der Waals surface area (Å²) in [7, 11) is 0. The number of para-hydroxylation sites is 3. The Morgan fingerprint density at radius 1 is 1.05 bits per heavy atom. The maximum atomic E-state index is 5.79. The summed E-state index contributed by atoms with van der Waals surface area (Å²) in [5.41, 5.74) is 6.92. The zero-order chi connectivity index (χ0) is 14.2. The third-order valence-electron chi connectivity index (χ3n) is 3.91. The second kappa shape index (κ2) is 4.80. The molecule has 2 atom stereocenters. The highest BCUT2D eigenvalue weighted by Gasteiger charge is 2.29. The maximum absolute atomic E-state index is 5.79. The normalized spacial score (nSPS) is 20.6. The molecule has 5 nitrogen and oxygen atoms in total. The predicted octanol–water partition coefficient (Wildman–Crippen LogP) is 2.57. The Kier molecular flexibility index (Phi) is 2.80. The minimum atomic E-state index is -0.0423. The summed E-state index contributed by atoms with van der Waals surface area (Å²) in [6.07, 6.45) is 1.91. The first-order valence-electron chi connectivity index (χ1n) is 6.91. The van der Waals surface area contributed by atoms with E-state index in [1.54, 1.807) is 0 Å². The second-order valence-corrected chi connectivity index (χ2v) is 5.15. The fourth-order valence-electron chi connectivity index (χ4n) is 2.86. The molecule has 0 radical (unpaired) electrons. The number of nitrogens with two attached hydrogens (primary N) is 1. The molecule has 0 amide bonds. The molecule has 2 heterocycles. The summed E-state index contributed by atoms with van der Waals surface area (Å²) in [5.74, 6) is 6.64. The maximum Gasteiger partial charge on any atom is 0.117 e. The Morgan fingerprint density at radius 2 is 1.86 bits per heavy atom. The van der Waals surface area contributed by atoms with Gasteiger partial charge >= 0.3 is 0 Å². The number of hydrogen-bond donors (Lipinski definition) is 3. The van der Waals surface area contributed by atoms with Crippen molar-refractivity contribution in [3.8, 4) is 0 Å². The lowest BCUT2D eigenvalue weighted by atomic mass is 9.90. The van der Waals surface area contributed by atoms with Gasteiger partial charge in [0.1, 0.15) is 5.82 Å². The number of imidazole rings is 1. The molecule has 5 heteroatoms. The van der Waals surface area contributed by atoms with Crippen molar-refractivity contribution in [1.29, 1.82) is 0 Å². The van der Waals surface area contributed by atoms with Gasteiger partial charge in [0.15, 0.2) is 0 Å². The number of aromatic nitrogens is 2. The van der Waals surface area contributed by atoms with Crippen molar-refractivity contribution in [3.63, 3.8) is 0 Å². The molecule has 0 saturated carbocycles. The van der Waals surface area contributed by atoms with Crippen molar-refractivity contribution in [2.24, 2.45) is 10.8 Å². The molecule has 2 aromatic carbocycles. The van der Waals surface area contributed by atoms with Crippen LogP contribution in [-0.2, 0) is 0 Å². The minimum absolute atomic E-state index is 0.0164. The lowest BCUT2D eigenvalue weighted by Gasteiger charge is -2.27. The van der Waals surface area contributed by atoms with Crippen LogP contribution in [0.5, 0.6) is 0 Å². The molecule has 0 spiro atoms. The Morgan fingerprint density at radius 3 is 2.71 bits per heavy atom. The van der Waals surface area contributed by atoms with Crippen LogP contribution in [-0.4, -0.2) is 16.2 Å². The van der Waals surface area contributed by atoms with Gasteiger partial charge < -0.3 is 4.98 Å². The summed E-state index contributed by atoms with van der Waals surface area (Å²) in [6.45, 7) is 0. The van der Waals surface area contributed by atoms with E-state index < -0.39 is 0 Å². The monoisotopic (exact) mass is 277 g/mol. The van der Waals surface area contributed by atoms with Gasteiger partial charge in [-0.15, -0.1) is 0 Å². The van der Waals surface area contributed by atoms with E-state index in [-0.39, 0.29) is 12.0 Å². The van der Waals surface area contributed by atoms with Crippen LogP contribution < -0.4 is 11.3 Å². The van der Waals surface area contributed by atoms with Gasteiger partial charge in [-0.1, -0.05) is 30.3 Å². The molecule has 0 aliphatic carbocycles. The fraction of sp³-hybridized carbons (Fsp3) is 0.125. The largest absolute Gasteiger partial charge is 0.341 e. The highest BCUT2D eigenvalue weighted by Crippen LogP contribution is 2.37. The third kappa shape index (κ3) is 1.94. The van der Waals surface area contributed by atoms with Gasteiger partial charge in [-0.05, 0) is 23.8 Å². The molecule has 1 aliphatic heterocycles. The van der Waals surface area contributed by atoms with E-state index in [0.717, 1.165) is 28.1 Å². The number of aromatic amines is 1. The average molecular weight is 277 g/mol. The van der Waals surface area contributed by atoms with E-state index in [2.05, 4.69) is 20.4 Å². The summed E-state index contributed by atoms with van der Waals surface area (Å²) >= 11 is 0. The van der Waals surface area contributed by atoms with Crippen molar-refractivity contribution >= 4 is 22.9 Å². The van der Waals surface area contributed by atoms with Crippen LogP contribution in [0.15, 0.2) is 53.5 Å². The van der Waals surface area contributed by atoms with E-state index in [1.807, 2.05) is 54.7 Å². The molecule has 0 fully saturated rings. The van der Waals surface area contributed by atoms with Crippen LogP contribution in [0.2, 0.25) is 0 Å². The number of H-pyrrole nitrogens is 1. The zero-order valence-electron chi connectivity index (χ0n) is 11.3. The fourth-order valence-corrected chi connectivity index (χ4v) is 2.86. The number of rotatable bonds is 2. The number of hydrazine groups is 1. The molecule has 104 valence electrons. The van der Waals surface area contributed by atoms with Gasteiger partial charge in [0.2, 0.25) is 0 Å². The topological polar surface area (TPSA) is 79.1 Å². The molecule has 0 saturated heterocycles. The first kappa shape index (κ1) is 12.3. The Labute approximate surface area is 121 Å². The van der Waals surface area contributed by atoms with E-state index >= 15 is 0 Å². The van der Waals surface area contributed by atoms with Crippen LogP contribution in [0, 0.1) is 0 Å². The van der Waals surface area contributed by atoms with Gasteiger partial charge in [-0.2, -0.15) is 0 Å². The first-order chi connectivity index (χ1) is 10.4. The van der Waals surface area contributed by atoms with Crippen molar-refractivity contribution in [2.45, 2.75) is 12.0 Å². The summed E-state index contributed by atoms with van der Waals surface area (Å²) in [6, 6.07) is 16.0. The predicted molar refractivity (Wildman–Crippen MR) is 83.5 cm³/mol. The molecule has 1 aliphatic rings. The van der Waals surface area contributed by atoms with Gasteiger partial charge in [0.05, 0.1) is 28.7 Å². The Balaban J connectivity index is 1.82. The van der Waals surface area contributed by atoms with Crippen LogP contribution in [0.1, 0.15) is 23.3 Å². The van der Waals surface area contributed by atoms with Crippen LogP contribution >= 0.6 is 0 Å². The van der Waals surface area contributed by atoms with E-state index in [1.165, 1.54) is 0 Å². The number of benzene rings is 2. The smallest absolute Gasteiger partial charge is 0.117 e. The van der Waals surface area contributed by atoms with Crippen molar-refractivity contribution < 1.29 is 0 Å². The SMILES string of the molecule is NNC1c2ccccc2N=CC1c1nc2ccccc2[nH]1. The van der Waals surface area contributed by atoms with Gasteiger partial charge in [-0.3, -0.25) is 16.3 Å². The molecule has 1 aromatic heterocycles. The summed E-state index contributed by atoms with van der Waals surface area (Å²) in [4.78, 5) is 12.6. The number of nitrogens with zero attached hydrogens (tertiary/aromatic N) is 2. The number of aliphatic imine (C=N–C) groups is 1. The summed E-state index contributed by atoms with van der Waals surface area (Å²) < 4.78 is 0. The standard InChI is InChI=1S/C16H15N5/c17-21-15-10-5-1-2-6-12(10)18-9-11(15)16-19-13-7-3-4-8-14(13)20-16/h1-9,11,15,21H,17H2,(H,19,20). The van der Waals surface area contributed by atoms with Gasteiger partial charge in [0.25, 0.3) is 0 Å². The van der Waals surface area contributed by atoms with Crippen molar-refractivity contribution in [3.05, 3.63) is 59.9 Å². The molecular weight excluding hydrogens is 262 g/mol.